The highest BCUT2D eigenvalue weighted by Crippen LogP contribution is 2.36. The molecule has 0 aliphatic carbocycles. The molecule has 0 spiro atoms. The SMILES string of the molecule is CCOc1cccc(N2C(=O)C(Nc3ccc(CC)cc3)=C(c3ccc(C)cc3C)C2=O)c1. The Morgan fingerprint density at radius 2 is 1.64 bits per heavy atom. The molecule has 2 amide bonds. The molecule has 0 fully saturated rings. The number of hydrogen-bond donors (Lipinski definition) is 1. The number of anilines is 2. The average Bonchev–Trinajstić information content (AvgIpc) is 3.04. The first-order valence-electron chi connectivity index (χ1n) is 11.2. The maximum atomic E-state index is 13.7. The minimum atomic E-state index is -0.386. The summed E-state index contributed by atoms with van der Waals surface area (Å²) in [5.74, 6) is -0.128. The molecule has 5 heteroatoms. The van der Waals surface area contributed by atoms with Gasteiger partial charge in [-0.25, -0.2) is 4.90 Å². The number of ether oxygens (including phenoxy) is 1. The Bertz CT molecular complexity index is 1240. The van der Waals surface area contributed by atoms with Crippen molar-refractivity contribution >= 4 is 28.8 Å². The number of aryl methyl sites for hydroxylation is 3. The molecule has 0 saturated carbocycles. The second-order valence-corrected chi connectivity index (χ2v) is 8.12. The Morgan fingerprint density at radius 1 is 0.879 bits per heavy atom. The topological polar surface area (TPSA) is 58.6 Å². The number of benzene rings is 3. The average molecular weight is 441 g/mol. The lowest BCUT2D eigenvalue weighted by Crippen LogP contribution is -2.32. The van der Waals surface area contributed by atoms with Gasteiger partial charge in [0.2, 0.25) is 0 Å². The third kappa shape index (κ3) is 4.40. The summed E-state index contributed by atoms with van der Waals surface area (Å²) >= 11 is 0. The van der Waals surface area contributed by atoms with E-state index < -0.39 is 0 Å². The van der Waals surface area contributed by atoms with Crippen molar-refractivity contribution in [3.63, 3.8) is 0 Å². The van der Waals surface area contributed by atoms with Crippen molar-refractivity contribution in [1.29, 1.82) is 0 Å². The zero-order chi connectivity index (χ0) is 23.5. The Morgan fingerprint density at radius 3 is 2.30 bits per heavy atom. The van der Waals surface area contributed by atoms with E-state index in [0.29, 0.717) is 23.6 Å². The van der Waals surface area contributed by atoms with E-state index in [0.717, 1.165) is 28.8 Å². The summed E-state index contributed by atoms with van der Waals surface area (Å²) in [6, 6.07) is 20.8. The van der Waals surface area contributed by atoms with Gasteiger partial charge in [-0.05, 0) is 68.1 Å². The molecule has 0 saturated heterocycles. The summed E-state index contributed by atoms with van der Waals surface area (Å²) in [6.07, 6.45) is 0.929. The summed E-state index contributed by atoms with van der Waals surface area (Å²) < 4.78 is 5.59. The Kier molecular flexibility index (Phi) is 6.31. The summed E-state index contributed by atoms with van der Waals surface area (Å²) in [5.41, 5.74) is 5.88. The van der Waals surface area contributed by atoms with Crippen LogP contribution in [-0.4, -0.2) is 18.4 Å². The highest BCUT2D eigenvalue weighted by atomic mass is 16.5. The van der Waals surface area contributed by atoms with Crippen LogP contribution in [0.2, 0.25) is 0 Å². The van der Waals surface area contributed by atoms with Gasteiger partial charge < -0.3 is 10.1 Å². The van der Waals surface area contributed by atoms with Gasteiger partial charge >= 0.3 is 0 Å². The van der Waals surface area contributed by atoms with Gasteiger partial charge in [0, 0.05) is 11.8 Å². The standard InChI is InChI=1S/C28H28N2O3/c1-5-20-11-13-21(14-12-20)29-26-25(24-15-10-18(3)16-19(24)4)27(31)30(28(26)32)22-8-7-9-23(17-22)33-6-2/h7-17,29H,5-6H2,1-4H3. The van der Waals surface area contributed by atoms with Crippen LogP contribution in [0.25, 0.3) is 5.57 Å². The Labute approximate surface area is 194 Å². The molecule has 0 bridgehead atoms. The van der Waals surface area contributed by atoms with E-state index in [1.807, 2.05) is 69.3 Å². The molecule has 1 N–H and O–H groups in total. The largest absolute Gasteiger partial charge is 0.494 e. The maximum Gasteiger partial charge on any atom is 0.282 e. The minimum Gasteiger partial charge on any atom is -0.494 e. The molecule has 0 radical (unpaired) electrons. The highest BCUT2D eigenvalue weighted by molar-refractivity contribution is 6.46. The molecule has 0 aromatic heterocycles. The third-order valence-electron chi connectivity index (χ3n) is 5.75. The molecule has 4 rings (SSSR count). The number of hydrogen-bond acceptors (Lipinski definition) is 4. The maximum absolute atomic E-state index is 13.7. The second-order valence-electron chi connectivity index (χ2n) is 8.12. The molecular weight excluding hydrogens is 412 g/mol. The summed E-state index contributed by atoms with van der Waals surface area (Å²) in [5, 5.41) is 3.24. The Balaban J connectivity index is 1.81. The van der Waals surface area contributed by atoms with Gasteiger partial charge in [0.15, 0.2) is 0 Å². The number of nitrogens with zero attached hydrogens (tertiary/aromatic N) is 1. The molecule has 1 aliphatic rings. The molecule has 168 valence electrons. The van der Waals surface area contributed by atoms with Crippen molar-refractivity contribution < 1.29 is 14.3 Å². The number of carbonyl (C=O) groups excluding carboxylic acids is 2. The van der Waals surface area contributed by atoms with Crippen LogP contribution in [0, 0.1) is 13.8 Å². The molecule has 1 aliphatic heterocycles. The van der Waals surface area contributed by atoms with Crippen molar-refractivity contribution in [3.8, 4) is 5.75 Å². The Hall–Kier alpha value is -3.86. The molecular formula is C28H28N2O3. The second kappa shape index (κ2) is 9.33. The van der Waals surface area contributed by atoms with Crippen LogP contribution < -0.4 is 15.0 Å². The van der Waals surface area contributed by atoms with Crippen LogP contribution in [0.3, 0.4) is 0 Å². The molecule has 3 aromatic carbocycles. The van der Waals surface area contributed by atoms with Crippen molar-refractivity contribution in [1.82, 2.24) is 0 Å². The zero-order valence-electron chi connectivity index (χ0n) is 19.4. The fraction of sp³-hybridized carbons (Fsp3) is 0.214. The highest BCUT2D eigenvalue weighted by Gasteiger charge is 2.40. The van der Waals surface area contributed by atoms with Crippen LogP contribution in [0.5, 0.6) is 5.75 Å². The van der Waals surface area contributed by atoms with Gasteiger partial charge in [0.05, 0.1) is 17.9 Å². The van der Waals surface area contributed by atoms with Gasteiger partial charge in [0.1, 0.15) is 11.4 Å². The van der Waals surface area contributed by atoms with Crippen molar-refractivity contribution in [2.24, 2.45) is 0 Å². The quantitative estimate of drug-likeness (QED) is 0.482. The predicted molar refractivity (Wildman–Crippen MR) is 132 cm³/mol. The fourth-order valence-corrected chi connectivity index (χ4v) is 4.07. The zero-order valence-corrected chi connectivity index (χ0v) is 19.4. The number of carbonyl (C=O) groups is 2. The van der Waals surface area contributed by atoms with E-state index in [1.54, 1.807) is 18.2 Å². The predicted octanol–water partition coefficient (Wildman–Crippen LogP) is 5.66. The van der Waals surface area contributed by atoms with E-state index in [1.165, 1.54) is 10.5 Å². The van der Waals surface area contributed by atoms with E-state index in [9.17, 15) is 9.59 Å². The summed E-state index contributed by atoms with van der Waals surface area (Å²) in [4.78, 5) is 28.5. The minimum absolute atomic E-state index is 0.276. The third-order valence-corrected chi connectivity index (χ3v) is 5.75. The van der Waals surface area contributed by atoms with Crippen LogP contribution in [0.15, 0.2) is 72.4 Å². The van der Waals surface area contributed by atoms with Gasteiger partial charge in [-0.1, -0.05) is 48.9 Å². The van der Waals surface area contributed by atoms with Gasteiger partial charge in [-0.2, -0.15) is 0 Å². The van der Waals surface area contributed by atoms with Crippen molar-refractivity contribution in [2.45, 2.75) is 34.1 Å². The molecule has 33 heavy (non-hydrogen) atoms. The molecule has 3 aromatic rings. The van der Waals surface area contributed by atoms with Crippen LogP contribution in [0.1, 0.15) is 36.1 Å². The van der Waals surface area contributed by atoms with Crippen molar-refractivity contribution in [2.75, 3.05) is 16.8 Å². The number of imide groups is 1. The fourth-order valence-electron chi connectivity index (χ4n) is 4.07. The first-order chi connectivity index (χ1) is 15.9. The van der Waals surface area contributed by atoms with Crippen LogP contribution in [0.4, 0.5) is 11.4 Å². The number of rotatable bonds is 7. The monoisotopic (exact) mass is 440 g/mol. The smallest absolute Gasteiger partial charge is 0.282 e. The van der Waals surface area contributed by atoms with E-state index in [2.05, 4.69) is 12.2 Å². The van der Waals surface area contributed by atoms with Gasteiger partial charge in [-0.15, -0.1) is 0 Å². The number of amides is 2. The normalized spacial score (nSPS) is 13.6. The summed E-state index contributed by atoms with van der Waals surface area (Å²) in [7, 11) is 0. The van der Waals surface area contributed by atoms with E-state index >= 15 is 0 Å². The van der Waals surface area contributed by atoms with Crippen LogP contribution in [-0.2, 0) is 16.0 Å². The van der Waals surface area contributed by atoms with Gasteiger partial charge in [-0.3, -0.25) is 9.59 Å². The summed E-state index contributed by atoms with van der Waals surface area (Å²) in [6.45, 7) is 8.45. The van der Waals surface area contributed by atoms with Gasteiger partial charge in [0.25, 0.3) is 11.8 Å². The first-order valence-corrected chi connectivity index (χ1v) is 11.2. The molecule has 0 unspecified atom stereocenters. The lowest BCUT2D eigenvalue weighted by molar-refractivity contribution is -0.120. The van der Waals surface area contributed by atoms with Crippen molar-refractivity contribution in [3.05, 3.63) is 94.7 Å². The molecule has 0 atom stereocenters. The molecule has 1 heterocycles. The number of nitrogens with one attached hydrogen (secondary N) is 1. The van der Waals surface area contributed by atoms with E-state index in [-0.39, 0.29) is 17.5 Å². The van der Waals surface area contributed by atoms with Crippen LogP contribution >= 0.6 is 0 Å². The lowest BCUT2D eigenvalue weighted by atomic mass is 9.97. The first kappa shape index (κ1) is 22.3. The lowest BCUT2D eigenvalue weighted by Gasteiger charge is -2.16. The molecule has 5 nitrogen and oxygen atoms in total. The van der Waals surface area contributed by atoms with E-state index in [4.69, 9.17) is 4.74 Å².